The molecule has 2 atom stereocenters. The molecule has 45 heavy (non-hydrogen) atoms. The van der Waals surface area contributed by atoms with Crippen LogP contribution in [0.15, 0.2) is 65.8 Å². The van der Waals surface area contributed by atoms with Crippen LogP contribution in [0.4, 0.5) is 5.69 Å². The lowest BCUT2D eigenvalue weighted by Crippen LogP contribution is -2.60. The van der Waals surface area contributed by atoms with Crippen molar-refractivity contribution >= 4 is 40.8 Å². The van der Waals surface area contributed by atoms with Crippen molar-refractivity contribution in [2.45, 2.75) is 37.8 Å². The number of fused-ring (bicyclic) bond motifs is 4. The highest BCUT2D eigenvalue weighted by Gasteiger charge is 2.33. The number of rotatable bonds is 5. The van der Waals surface area contributed by atoms with E-state index in [0.29, 0.717) is 54.6 Å². The minimum absolute atomic E-state index is 0.115. The zero-order valence-electron chi connectivity index (χ0n) is 24.4. The molecule has 14 heteroatoms. The van der Waals surface area contributed by atoms with E-state index in [1.165, 1.54) is 10.7 Å². The number of hydrogen-bond acceptors (Lipinski definition) is 8. The monoisotopic (exact) mass is 650 g/mol. The molecule has 2 aromatic heterocycles. The van der Waals surface area contributed by atoms with Gasteiger partial charge in [0.05, 0.1) is 36.5 Å². The molecule has 1 amide bonds. The molecule has 6 rings (SSSR count). The molecule has 0 saturated carbocycles. The molecule has 2 bridgehead atoms. The molecule has 0 aliphatic carbocycles. The summed E-state index contributed by atoms with van der Waals surface area (Å²) in [7, 11) is 0. The van der Waals surface area contributed by atoms with Crippen LogP contribution in [0.3, 0.4) is 0 Å². The first kappa shape index (κ1) is 30.8. The molecule has 2 aliphatic rings. The number of amides is 1. The summed E-state index contributed by atoms with van der Waals surface area (Å²) in [4.78, 5) is 47.0. The minimum atomic E-state index is -0.919. The van der Waals surface area contributed by atoms with Crippen LogP contribution in [0.5, 0.6) is 0 Å². The van der Waals surface area contributed by atoms with Crippen LogP contribution in [0.25, 0.3) is 16.9 Å². The van der Waals surface area contributed by atoms with E-state index in [0.717, 1.165) is 30.5 Å². The topological polar surface area (TPSA) is 138 Å². The second kappa shape index (κ2) is 13.4. The van der Waals surface area contributed by atoms with Gasteiger partial charge >= 0.3 is 5.97 Å². The molecule has 4 heterocycles. The number of hydrogen-bond donors (Lipinski definition) is 2. The van der Waals surface area contributed by atoms with Gasteiger partial charge < -0.3 is 15.3 Å². The van der Waals surface area contributed by atoms with Gasteiger partial charge in [0.2, 0.25) is 5.91 Å². The van der Waals surface area contributed by atoms with Gasteiger partial charge in [-0.1, -0.05) is 53.4 Å². The Morgan fingerprint density at radius 3 is 2.67 bits per heavy atom. The molecule has 0 radical (unpaired) electrons. The fourth-order valence-corrected chi connectivity index (χ4v) is 6.42. The average Bonchev–Trinajstić information content (AvgIpc) is 3.46. The first-order chi connectivity index (χ1) is 21.8. The van der Waals surface area contributed by atoms with Gasteiger partial charge in [-0.15, -0.1) is 5.10 Å². The molecular formula is C31H32Cl2N8O4. The number of anilines is 1. The maximum absolute atomic E-state index is 13.8. The Morgan fingerprint density at radius 1 is 1.02 bits per heavy atom. The Labute approximate surface area is 269 Å². The lowest BCUT2D eigenvalue weighted by atomic mass is 9.98. The Bertz CT molecular complexity index is 1780. The number of carbonyl (C=O) groups is 2. The van der Waals surface area contributed by atoms with E-state index in [9.17, 15) is 19.5 Å². The summed E-state index contributed by atoms with van der Waals surface area (Å²) in [5.41, 5.74) is 3.22. The van der Waals surface area contributed by atoms with Crippen LogP contribution in [0, 0.1) is 0 Å². The van der Waals surface area contributed by atoms with Gasteiger partial charge in [-0.3, -0.25) is 23.9 Å². The van der Waals surface area contributed by atoms with Crippen LogP contribution in [0.1, 0.15) is 37.3 Å². The highest BCUT2D eigenvalue weighted by atomic mass is 35.5. The molecule has 2 aliphatic heterocycles. The van der Waals surface area contributed by atoms with E-state index in [1.807, 2.05) is 29.2 Å². The molecule has 12 nitrogen and oxygen atoms in total. The highest BCUT2D eigenvalue weighted by Crippen LogP contribution is 2.31. The molecule has 1 saturated heterocycles. The Balaban J connectivity index is 1.36. The number of halogens is 2. The molecule has 2 N–H and O–H groups in total. The minimum Gasteiger partial charge on any atom is -0.480 e. The number of carboxylic acids is 1. The zero-order valence-corrected chi connectivity index (χ0v) is 25.9. The van der Waals surface area contributed by atoms with Crippen LogP contribution in [-0.4, -0.2) is 85.2 Å². The van der Waals surface area contributed by atoms with E-state index in [1.54, 1.807) is 40.2 Å². The summed E-state index contributed by atoms with van der Waals surface area (Å²) in [6.45, 7) is 1.73. The van der Waals surface area contributed by atoms with Gasteiger partial charge in [0, 0.05) is 48.5 Å². The summed E-state index contributed by atoms with van der Waals surface area (Å²) in [6.07, 6.45) is 6.33. The standard InChI is InChI=1S/C31H32Cl2N8O4/c32-21-8-9-26(41-17-28(33)36-37-41)23(14-21)24-15-29(42)40(19-35-24)25-7-2-1-3-10-34-31(45)27-16-38(18-30(43)44)11-12-39(27)22-6-4-5-20(25)13-22/h4-6,8-9,13-15,17,19,25,27H,1-3,7,10-12,16,18H2,(H,34,45)(H,43,44)/t25?,27-/m1/s1. The summed E-state index contributed by atoms with van der Waals surface area (Å²) in [6, 6.07) is 13.8. The SMILES string of the molecule is O=C(O)CN1CCN2c3cccc(c3)C(n3cnc(-c4cc(Cl)ccc4-n4cc(Cl)nn4)cc3=O)CCCCCNC(=O)[C@H]2C1. The largest absolute Gasteiger partial charge is 0.480 e. The van der Waals surface area contributed by atoms with Crippen molar-refractivity contribution in [2.75, 3.05) is 37.6 Å². The first-order valence-corrected chi connectivity index (χ1v) is 15.6. The Morgan fingerprint density at radius 2 is 1.89 bits per heavy atom. The van der Waals surface area contributed by atoms with E-state index >= 15 is 0 Å². The number of aliphatic carboxylic acids is 1. The average molecular weight is 652 g/mol. The highest BCUT2D eigenvalue weighted by molar-refractivity contribution is 6.31. The lowest BCUT2D eigenvalue weighted by molar-refractivity contribution is -0.139. The van der Waals surface area contributed by atoms with Crippen molar-refractivity contribution < 1.29 is 14.7 Å². The van der Waals surface area contributed by atoms with Crippen LogP contribution in [0.2, 0.25) is 10.2 Å². The summed E-state index contributed by atoms with van der Waals surface area (Å²) in [5.74, 6) is -1.03. The fraction of sp³-hybridized carbons (Fsp3) is 0.355. The van der Waals surface area contributed by atoms with Crippen molar-refractivity contribution in [1.29, 1.82) is 0 Å². The van der Waals surface area contributed by atoms with Gasteiger partial charge in [0.1, 0.15) is 6.04 Å². The predicted octanol–water partition coefficient (Wildman–Crippen LogP) is 3.65. The number of carbonyl (C=O) groups excluding carboxylic acids is 1. The Kier molecular flexibility index (Phi) is 9.15. The van der Waals surface area contributed by atoms with Gasteiger partial charge in [-0.2, -0.15) is 0 Å². The van der Waals surface area contributed by atoms with Gasteiger partial charge in [0.25, 0.3) is 5.56 Å². The Hall–Kier alpha value is -4.26. The molecular weight excluding hydrogens is 619 g/mol. The third-order valence-corrected chi connectivity index (χ3v) is 8.69. The number of carboxylic acid groups (broad SMARTS) is 1. The molecule has 2 aromatic carbocycles. The third kappa shape index (κ3) is 6.87. The van der Waals surface area contributed by atoms with Crippen molar-refractivity contribution in [3.63, 3.8) is 0 Å². The van der Waals surface area contributed by atoms with Crippen LogP contribution in [-0.2, 0) is 9.59 Å². The zero-order chi connectivity index (χ0) is 31.5. The summed E-state index contributed by atoms with van der Waals surface area (Å²) >= 11 is 12.3. The van der Waals surface area contributed by atoms with Crippen LogP contribution < -0.4 is 15.8 Å². The number of aromatic nitrogens is 5. The number of nitrogens with zero attached hydrogens (tertiary/aromatic N) is 7. The van der Waals surface area contributed by atoms with Crippen molar-refractivity contribution in [3.8, 4) is 16.9 Å². The quantitative estimate of drug-likeness (QED) is 0.331. The van der Waals surface area contributed by atoms with Gasteiger partial charge in [-0.25, -0.2) is 9.67 Å². The van der Waals surface area contributed by atoms with E-state index < -0.39 is 12.0 Å². The predicted molar refractivity (Wildman–Crippen MR) is 170 cm³/mol. The maximum atomic E-state index is 13.8. The second-order valence-electron chi connectivity index (χ2n) is 11.3. The smallest absolute Gasteiger partial charge is 0.317 e. The molecule has 1 unspecified atom stereocenters. The van der Waals surface area contributed by atoms with E-state index in [2.05, 4.69) is 15.6 Å². The lowest BCUT2D eigenvalue weighted by Gasteiger charge is -2.41. The van der Waals surface area contributed by atoms with E-state index in [4.69, 9.17) is 28.2 Å². The molecule has 1 fully saturated rings. The normalized spacial score (nSPS) is 19.5. The summed E-state index contributed by atoms with van der Waals surface area (Å²) < 4.78 is 3.17. The molecule has 4 aromatic rings. The van der Waals surface area contributed by atoms with Crippen molar-refractivity contribution in [1.82, 2.24) is 34.8 Å². The number of piperazine rings is 1. The molecule has 234 valence electrons. The third-order valence-electron chi connectivity index (χ3n) is 8.28. The second-order valence-corrected chi connectivity index (χ2v) is 12.1. The van der Waals surface area contributed by atoms with E-state index in [-0.39, 0.29) is 29.2 Å². The fourth-order valence-electron chi connectivity index (χ4n) is 6.12. The van der Waals surface area contributed by atoms with Crippen molar-refractivity contribution in [3.05, 3.63) is 87.1 Å². The summed E-state index contributed by atoms with van der Waals surface area (Å²) in [5, 5.41) is 21.0. The first-order valence-electron chi connectivity index (χ1n) is 14.8. The van der Waals surface area contributed by atoms with Gasteiger partial charge in [-0.05, 0) is 48.7 Å². The number of nitrogens with one attached hydrogen (secondary N) is 1. The van der Waals surface area contributed by atoms with Gasteiger partial charge in [0.15, 0.2) is 5.15 Å². The molecule has 0 spiro atoms. The number of benzene rings is 2. The van der Waals surface area contributed by atoms with Crippen LogP contribution >= 0.6 is 23.2 Å². The van der Waals surface area contributed by atoms with Crippen molar-refractivity contribution in [2.24, 2.45) is 0 Å². The maximum Gasteiger partial charge on any atom is 0.317 e.